The number of hydrogen-bond donors (Lipinski definition) is 1. The first-order valence-corrected chi connectivity index (χ1v) is 7.14. The number of amides is 1. The molecular weight excluding hydrogens is 276 g/mol. The molecule has 0 fully saturated rings. The van der Waals surface area contributed by atoms with Gasteiger partial charge in [0.05, 0.1) is 6.21 Å². The van der Waals surface area contributed by atoms with E-state index in [1.807, 2.05) is 63.2 Å². The van der Waals surface area contributed by atoms with Gasteiger partial charge in [0.25, 0.3) is 5.91 Å². The quantitative estimate of drug-likeness (QED) is 0.680. The zero-order chi connectivity index (χ0) is 15.9. The van der Waals surface area contributed by atoms with Gasteiger partial charge in [0.2, 0.25) is 0 Å². The molecule has 0 aliphatic carbocycles. The number of rotatable bonds is 5. The highest BCUT2D eigenvalue weighted by atomic mass is 16.5. The van der Waals surface area contributed by atoms with Crippen molar-refractivity contribution in [1.29, 1.82) is 0 Å². The van der Waals surface area contributed by atoms with Gasteiger partial charge in [-0.1, -0.05) is 42.0 Å². The number of aryl methyl sites for hydroxylation is 2. The van der Waals surface area contributed by atoms with Crippen LogP contribution in [0.3, 0.4) is 0 Å². The lowest BCUT2D eigenvalue weighted by Crippen LogP contribution is -2.24. The van der Waals surface area contributed by atoms with Crippen LogP contribution in [0, 0.1) is 20.8 Å². The molecular formula is C18H20N2O2. The van der Waals surface area contributed by atoms with Gasteiger partial charge in [-0.2, -0.15) is 5.10 Å². The molecule has 4 nitrogen and oxygen atoms in total. The molecule has 0 saturated heterocycles. The molecule has 0 radical (unpaired) electrons. The molecule has 0 bridgehead atoms. The summed E-state index contributed by atoms with van der Waals surface area (Å²) >= 11 is 0. The van der Waals surface area contributed by atoms with Gasteiger partial charge in [0, 0.05) is 0 Å². The summed E-state index contributed by atoms with van der Waals surface area (Å²) in [6.45, 7) is 5.94. The monoisotopic (exact) mass is 296 g/mol. The smallest absolute Gasteiger partial charge is 0.277 e. The largest absolute Gasteiger partial charge is 0.483 e. The fourth-order valence-corrected chi connectivity index (χ4v) is 1.89. The maximum atomic E-state index is 11.7. The molecule has 0 atom stereocenters. The summed E-state index contributed by atoms with van der Waals surface area (Å²) in [7, 11) is 0. The van der Waals surface area contributed by atoms with Crippen LogP contribution in [0.25, 0.3) is 0 Å². The molecule has 4 heteroatoms. The molecule has 0 aliphatic rings. The molecule has 0 unspecified atom stereocenters. The summed E-state index contributed by atoms with van der Waals surface area (Å²) in [6, 6.07) is 13.6. The van der Waals surface area contributed by atoms with E-state index in [1.54, 1.807) is 6.21 Å². The maximum absolute atomic E-state index is 11.7. The van der Waals surface area contributed by atoms with E-state index < -0.39 is 0 Å². The SMILES string of the molecule is Cc1ccc(C=NNC(=O)COc2cccc(C)c2C)cc1. The molecule has 22 heavy (non-hydrogen) atoms. The molecule has 2 rings (SSSR count). The normalized spacial score (nSPS) is 10.7. The molecule has 0 spiro atoms. The van der Waals surface area contributed by atoms with Crippen molar-refractivity contribution in [3.05, 3.63) is 64.7 Å². The molecule has 0 saturated carbocycles. The molecule has 2 aromatic rings. The Morgan fingerprint density at radius 3 is 2.59 bits per heavy atom. The molecule has 114 valence electrons. The van der Waals surface area contributed by atoms with Crippen LogP contribution in [0.4, 0.5) is 0 Å². The molecule has 1 amide bonds. The highest BCUT2D eigenvalue weighted by molar-refractivity contribution is 5.82. The van der Waals surface area contributed by atoms with Gasteiger partial charge in [-0.15, -0.1) is 0 Å². The van der Waals surface area contributed by atoms with E-state index >= 15 is 0 Å². The van der Waals surface area contributed by atoms with Crippen molar-refractivity contribution in [2.45, 2.75) is 20.8 Å². The maximum Gasteiger partial charge on any atom is 0.277 e. The Kier molecular flexibility index (Phi) is 5.31. The fourth-order valence-electron chi connectivity index (χ4n) is 1.89. The third-order valence-corrected chi connectivity index (χ3v) is 3.39. The summed E-state index contributed by atoms with van der Waals surface area (Å²) in [6.07, 6.45) is 1.61. The van der Waals surface area contributed by atoms with Gasteiger partial charge in [-0.3, -0.25) is 4.79 Å². The van der Waals surface area contributed by atoms with E-state index in [-0.39, 0.29) is 12.5 Å². The van der Waals surface area contributed by atoms with Crippen molar-refractivity contribution in [3.63, 3.8) is 0 Å². The Bertz CT molecular complexity index is 676. The molecule has 0 aromatic heterocycles. The Labute approximate surface area is 130 Å². The highest BCUT2D eigenvalue weighted by Gasteiger charge is 2.05. The predicted molar refractivity (Wildman–Crippen MR) is 88.3 cm³/mol. The standard InChI is InChI=1S/C18H20N2O2/c1-13-7-9-16(10-8-13)11-19-20-18(21)12-22-17-6-4-5-14(2)15(17)3/h4-11H,12H2,1-3H3,(H,20,21). The molecule has 2 aromatic carbocycles. The Morgan fingerprint density at radius 2 is 1.86 bits per heavy atom. The van der Waals surface area contributed by atoms with Crippen LogP contribution in [0.1, 0.15) is 22.3 Å². The predicted octanol–water partition coefficient (Wildman–Crippen LogP) is 3.14. The number of carbonyl (C=O) groups is 1. The fraction of sp³-hybridized carbons (Fsp3) is 0.222. The van der Waals surface area contributed by atoms with E-state index in [4.69, 9.17) is 4.74 Å². The average Bonchev–Trinajstić information content (AvgIpc) is 2.51. The van der Waals surface area contributed by atoms with E-state index in [1.165, 1.54) is 5.56 Å². The summed E-state index contributed by atoms with van der Waals surface area (Å²) in [4.78, 5) is 11.7. The van der Waals surface area contributed by atoms with E-state index in [2.05, 4.69) is 10.5 Å². The van der Waals surface area contributed by atoms with Crippen LogP contribution >= 0.6 is 0 Å². The average molecular weight is 296 g/mol. The zero-order valence-corrected chi connectivity index (χ0v) is 13.1. The number of nitrogens with zero attached hydrogens (tertiary/aromatic N) is 1. The van der Waals surface area contributed by atoms with E-state index in [9.17, 15) is 4.79 Å². The van der Waals surface area contributed by atoms with Gasteiger partial charge in [0.15, 0.2) is 6.61 Å². The molecule has 1 N–H and O–H groups in total. The highest BCUT2D eigenvalue weighted by Crippen LogP contribution is 2.20. The number of nitrogens with one attached hydrogen (secondary N) is 1. The van der Waals surface area contributed by atoms with Crippen molar-refractivity contribution in [2.75, 3.05) is 6.61 Å². The molecule has 0 aliphatic heterocycles. The zero-order valence-electron chi connectivity index (χ0n) is 13.1. The number of carbonyl (C=O) groups excluding carboxylic acids is 1. The third kappa shape index (κ3) is 4.45. The second-order valence-electron chi connectivity index (χ2n) is 5.19. The summed E-state index contributed by atoms with van der Waals surface area (Å²) in [5.41, 5.74) is 6.75. The Morgan fingerprint density at radius 1 is 1.14 bits per heavy atom. The lowest BCUT2D eigenvalue weighted by molar-refractivity contribution is -0.123. The second kappa shape index (κ2) is 7.41. The van der Waals surface area contributed by atoms with Crippen molar-refractivity contribution >= 4 is 12.1 Å². The van der Waals surface area contributed by atoms with Crippen LogP contribution < -0.4 is 10.2 Å². The Hall–Kier alpha value is -2.62. The van der Waals surface area contributed by atoms with E-state index in [0.717, 1.165) is 22.4 Å². The third-order valence-electron chi connectivity index (χ3n) is 3.39. The van der Waals surface area contributed by atoms with Crippen LogP contribution in [0.15, 0.2) is 47.6 Å². The van der Waals surface area contributed by atoms with Crippen molar-refractivity contribution in [3.8, 4) is 5.75 Å². The number of hydrogen-bond acceptors (Lipinski definition) is 3. The van der Waals surface area contributed by atoms with Crippen molar-refractivity contribution in [2.24, 2.45) is 5.10 Å². The number of hydrazone groups is 1. The second-order valence-corrected chi connectivity index (χ2v) is 5.19. The van der Waals surface area contributed by atoms with E-state index in [0.29, 0.717) is 0 Å². The van der Waals surface area contributed by atoms with Gasteiger partial charge < -0.3 is 4.74 Å². The van der Waals surface area contributed by atoms with Crippen LogP contribution in [-0.2, 0) is 4.79 Å². The minimum Gasteiger partial charge on any atom is -0.483 e. The van der Waals surface area contributed by atoms with Crippen molar-refractivity contribution in [1.82, 2.24) is 5.43 Å². The number of ether oxygens (including phenoxy) is 1. The van der Waals surface area contributed by atoms with Crippen LogP contribution in [0.2, 0.25) is 0 Å². The van der Waals surface area contributed by atoms with Gasteiger partial charge >= 0.3 is 0 Å². The summed E-state index contributed by atoms with van der Waals surface area (Å²) in [5, 5.41) is 3.92. The molecule has 0 heterocycles. The first-order valence-electron chi connectivity index (χ1n) is 7.14. The first-order chi connectivity index (χ1) is 10.6. The van der Waals surface area contributed by atoms with Gasteiger partial charge in [-0.25, -0.2) is 5.43 Å². The lowest BCUT2D eigenvalue weighted by atomic mass is 10.1. The topological polar surface area (TPSA) is 50.7 Å². The Balaban J connectivity index is 1.83. The summed E-state index contributed by atoms with van der Waals surface area (Å²) in [5.74, 6) is 0.432. The first kappa shape index (κ1) is 15.8. The minimum atomic E-state index is -0.288. The van der Waals surface area contributed by atoms with Crippen LogP contribution in [-0.4, -0.2) is 18.7 Å². The van der Waals surface area contributed by atoms with Crippen LogP contribution in [0.5, 0.6) is 5.75 Å². The number of benzene rings is 2. The van der Waals surface area contributed by atoms with Gasteiger partial charge in [0.1, 0.15) is 5.75 Å². The van der Waals surface area contributed by atoms with Gasteiger partial charge in [-0.05, 0) is 43.5 Å². The lowest BCUT2D eigenvalue weighted by Gasteiger charge is -2.09. The summed E-state index contributed by atoms with van der Waals surface area (Å²) < 4.78 is 5.51. The minimum absolute atomic E-state index is 0.0600. The van der Waals surface area contributed by atoms with Crippen molar-refractivity contribution < 1.29 is 9.53 Å².